The molecule has 0 aromatic heterocycles. The fourth-order valence-electron chi connectivity index (χ4n) is 1.62. The first-order chi connectivity index (χ1) is 7.24. The van der Waals surface area contributed by atoms with Gasteiger partial charge >= 0.3 is 0 Å². The molecule has 1 aromatic carbocycles. The van der Waals surface area contributed by atoms with E-state index in [0.717, 1.165) is 6.54 Å². The van der Waals surface area contributed by atoms with Crippen LogP contribution in [0.25, 0.3) is 0 Å². The summed E-state index contributed by atoms with van der Waals surface area (Å²) in [4.78, 5) is 0. The van der Waals surface area contributed by atoms with E-state index in [0.29, 0.717) is 5.92 Å². The molecule has 0 saturated carbocycles. The highest BCUT2D eigenvalue weighted by Crippen LogP contribution is 2.18. The smallest absolute Gasteiger partial charge is 0.0343 e. The highest BCUT2D eigenvalue weighted by molar-refractivity contribution is 5.46. The monoisotopic (exact) mass is 205 g/mol. The van der Waals surface area contributed by atoms with Crippen LogP contribution in [0.15, 0.2) is 24.3 Å². The third kappa shape index (κ3) is 4.37. The van der Waals surface area contributed by atoms with Crippen LogP contribution in [0.2, 0.25) is 0 Å². The second-order valence-corrected chi connectivity index (χ2v) is 4.41. The molecule has 0 unspecified atom stereocenters. The van der Waals surface area contributed by atoms with Gasteiger partial charge in [-0.1, -0.05) is 45.7 Å². The van der Waals surface area contributed by atoms with Crippen molar-refractivity contribution in [1.29, 1.82) is 0 Å². The van der Waals surface area contributed by atoms with Gasteiger partial charge in [0.1, 0.15) is 0 Å². The fourth-order valence-corrected chi connectivity index (χ4v) is 1.62. The van der Waals surface area contributed by atoms with Crippen LogP contribution in [0.3, 0.4) is 0 Å². The van der Waals surface area contributed by atoms with Gasteiger partial charge in [0.15, 0.2) is 0 Å². The summed E-state index contributed by atoms with van der Waals surface area (Å²) >= 11 is 0. The summed E-state index contributed by atoms with van der Waals surface area (Å²) in [5, 5.41) is 3.47. The van der Waals surface area contributed by atoms with E-state index in [1.807, 2.05) is 0 Å². The molecule has 0 radical (unpaired) electrons. The van der Waals surface area contributed by atoms with Crippen molar-refractivity contribution in [3.63, 3.8) is 0 Å². The average Bonchev–Trinajstić information content (AvgIpc) is 2.25. The Labute approximate surface area is 93.9 Å². The molecule has 0 saturated heterocycles. The average molecular weight is 205 g/mol. The molecule has 0 atom stereocenters. The lowest BCUT2D eigenvalue weighted by molar-refractivity contribution is 0.743. The molecule has 84 valence electrons. The van der Waals surface area contributed by atoms with Crippen LogP contribution in [-0.4, -0.2) is 6.54 Å². The Hall–Kier alpha value is -0.980. The van der Waals surface area contributed by atoms with Gasteiger partial charge in [-0.2, -0.15) is 0 Å². The zero-order valence-electron chi connectivity index (χ0n) is 10.2. The van der Waals surface area contributed by atoms with Gasteiger partial charge in [0, 0.05) is 12.2 Å². The first-order valence-corrected chi connectivity index (χ1v) is 6.08. The van der Waals surface area contributed by atoms with Crippen LogP contribution >= 0.6 is 0 Å². The largest absolute Gasteiger partial charge is 0.385 e. The lowest BCUT2D eigenvalue weighted by atomic mass is 10.0. The van der Waals surface area contributed by atoms with Crippen molar-refractivity contribution in [3.8, 4) is 0 Å². The Balaban J connectivity index is 2.43. The van der Waals surface area contributed by atoms with Gasteiger partial charge in [0.25, 0.3) is 0 Å². The summed E-state index contributed by atoms with van der Waals surface area (Å²) in [5.41, 5.74) is 2.67. The van der Waals surface area contributed by atoms with E-state index < -0.39 is 0 Å². The van der Waals surface area contributed by atoms with Crippen LogP contribution in [0.4, 0.5) is 5.69 Å². The molecule has 0 fully saturated rings. The molecule has 1 heteroatoms. The fraction of sp³-hybridized carbons (Fsp3) is 0.571. The first kappa shape index (κ1) is 12.1. The second-order valence-electron chi connectivity index (χ2n) is 4.41. The Kier molecular flexibility index (Phi) is 5.23. The Morgan fingerprint density at radius 3 is 2.67 bits per heavy atom. The Morgan fingerprint density at radius 2 is 2.00 bits per heavy atom. The van der Waals surface area contributed by atoms with Crippen LogP contribution < -0.4 is 5.32 Å². The summed E-state index contributed by atoms with van der Waals surface area (Å²) in [5.74, 6) is 0.613. The maximum atomic E-state index is 3.47. The van der Waals surface area contributed by atoms with E-state index in [2.05, 4.69) is 50.4 Å². The molecule has 0 amide bonds. The molecule has 1 aromatic rings. The Morgan fingerprint density at radius 1 is 1.20 bits per heavy atom. The van der Waals surface area contributed by atoms with Gasteiger partial charge in [0.2, 0.25) is 0 Å². The van der Waals surface area contributed by atoms with E-state index in [9.17, 15) is 0 Å². The molecular weight excluding hydrogens is 182 g/mol. The standard InChI is InChI=1S/C14H23N/c1-4-5-6-10-15-14-9-7-8-13(11-14)12(2)3/h7-9,11-12,15H,4-6,10H2,1-3H3. The molecule has 0 aliphatic carbocycles. The lowest BCUT2D eigenvalue weighted by Gasteiger charge is -2.10. The molecule has 1 nitrogen and oxygen atoms in total. The molecule has 0 aliphatic rings. The summed E-state index contributed by atoms with van der Waals surface area (Å²) in [7, 11) is 0. The van der Waals surface area contributed by atoms with E-state index in [4.69, 9.17) is 0 Å². The minimum absolute atomic E-state index is 0.613. The quantitative estimate of drug-likeness (QED) is 0.678. The summed E-state index contributed by atoms with van der Waals surface area (Å²) in [6, 6.07) is 8.74. The van der Waals surface area contributed by atoms with Crippen molar-refractivity contribution < 1.29 is 0 Å². The van der Waals surface area contributed by atoms with Crippen molar-refractivity contribution in [1.82, 2.24) is 0 Å². The summed E-state index contributed by atoms with van der Waals surface area (Å²) in [6.07, 6.45) is 3.87. The minimum Gasteiger partial charge on any atom is -0.385 e. The van der Waals surface area contributed by atoms with E-state index >= 15 is 0 Å². The molecule has 1 N–H and O–H groups in total. The first-order valence-electron chi connectivity index (χ1n) is 6.08. The predicted molar refractivity (Wildman–Crippen MR) is 68.5 cm³/mol. The van der Waals surface area contributed by atoms with E-state index in [-0.39, 0.29) is 0 Å². The van der Waals surface area contributed by atoms with Gasteiger partial charge in [-0.3, -0.25) is 0 Å². The SMILES string of the molecule is CCCCCNc1cccc(C(C)C)c1. The minimum atomic E-state index is 0.613. The number of hydrogen-bond donors (Lipinski definition) is 1. The zero-order valence-corrected chi connectivity index (χ0v) is 10.2. The maximum absolute atomic E-state index is 3.47. The van der Waals surface area contributed by atoms with Crippen molar-refractivity contribution in [2.75, 3.05) is 11.9 Å². The highest BCUT2D eigenvalue weighted by Gasteiger charge is 1.99. The second kappa shape index (κ2) is 6.49. The lowest BCUT2D eigenvalue weighted by Crippen LogP contribution is -2.01. The highest BCUT2D eigenvalue weighted by atomic mass is 14.9. The van der Waals surface area contributed by atoms with E-state index in [1.54, 1.807) is 0 Å². The van der Waals surface area contributed by atoms with Gasteiger partial charge in [0.05, 0.1) is 0 Å². The van der Waals surface area contributed by atoms with Gasteiger partial charge < -0.3 is 5.32 Å². The molecule has 1 rings (SSSR count). The summed E-state index contributed by atoms with van der Waals surface area (Å²) < 4.78 is 0. The van der Waals surface area contributed by atoms with Crippen LogP contribution in [-0.2, 0) is 0 Å². The molecular formula is C14H23N. The van der Waals surface area contributed by atoms with Crippen LogP contribution in [0, 0.1) is 0 Å². The molecule has 0 bridgehead atoms. The van der Waals surface area contributed by atoms with Crippen LogP contribution in [0.5, 0.6) is 0 Å². The third-order valence-electron chi connectivity index (χ3n) is 2.66. The van der Waals surface area contributed by atoms with Gasteiger partial charge in [-0.05, 0) is 30.0 Å². The van der Waals surface area contributed by atoms with Crippen molar-refractivity contribution in [2.24, 2.45) is 0 Å². The predicted octanol–water partition coefficient (Wildman–Crippen LogP) is 4.41. The zero-order chi connectivity index (χ0) is 11.1. The van der Waals surface area contributed by atoms with E-state index in [1.165, 1.54) is 30.5 Å². The number of benzene rings is 1. The molecule has 0 aliphatic heterocycles. The normalized spacial score (nSPS) is 10.7. The molecule has 0 spiro atoms. The van der Waals surface area contributed by atoms with Crippen LogP contribution in [0.1, 0.15) is 51.5 Å². The Bertz CT molecular complexity index is 278. The number of unbranched alkanes of at least 4 members (excludes halogenated alkanes) is 2. The van der Waals surface area contributed by atoms with Crippen molar-refractivity contribution in [2.45, 2.75) is 46.0 Å². The maximum Gasteiger partial charge on any atom is 0.0343 e. The van der Waals surface area contributed by atoms with Crippen molar-refractivity contribution >= 4 is 5.69 Å². The third-order valence-corrected chi connectivity index (χ3v) is 2.66. The topological polar surface area (TPSA) is 12.0 Å². The van der Waals surface area contributed by atoms with Gasteiger partial charge in [-0.25, -0.2) is 0 Å². The van der Waals surface area contributed by atoms with Gasteiger partial charge in [-0.15, -0.1) is 0 Å². The number of rotatable bonds is 6. The molecule has 15 heavy (non-hydrogen) atoms. The molecule has 0 heterocycles. The van der Waals surface area contributed by atoms with Crippen molar-refractivity contribution in [3.05, 3.63) is 29.8 Å². The number of nitrogens with one attached hydrogen (secondary N) is 1. The number of anilines is 1. The summed E-state index contributed by atoms with van der Waals surface area (Å²) in [6.45, 7) is 7.79. The number of hydrogen-bond acceptors (Lipinski definition) is 1.